The molecule has 1 aliphatic carbocycles. The van der Waals surface area contributed by atoms with Gasteiger partial charge >= 0.3 is 0 Å². The number of amides is 6. The topological polar surface area (TPSA) is 316 Å². The maximum atomic E-state index is 13.1. The highest BCUT2D eigenvalue weighted by atomic mass is 35.5. The van der Waals surface area contributed by atoms with Gasteiger partial charge in [0.1, 0.15) is 24.3 Å². The zero-order valence-electron chi connectivity index (χ0n) is 29.1. The Labute approximate surface area is 310 Å². The number of aliphatic hydroxyl groups excluding tert-OH is 1. The molecule has 0 saturated heterocycles. The number of carbonyl (C=O) groups is 7. The third kappa shape index (κ3) is 13.2. The van der Waals surface area contributed by atoms with E-state index in [9.17, 15) is 38.7 Å². The zero-order chi connectivity index (χ0) is 39.2. The molecule has 0 unspecified atom stereocenters. The summed E-state index contributed by atoms with van der Waals surface area (Å²) in [5.41, 5.74) is 24.8. The highest BCUT2D eigenvalue weighted by Gasteiger charge is 2.34. The first kappa shape index (κ1) is 42.4. The minimum atomic E-state index is -1.79. The number of halogens is 1. The molecule has 1 saturated carbocycles. The second-order valence-electron chi connectivity index (χ2n) is 12.5. The van der Waals surface area contributed by atoms with E-state index >= 15 is 0 Å². The number of nitrogens with two attached hydrogens (primary N) is 4. The van der Waals surface area contributed by atoms with Crippen LogP contribution in [0.1, 0.15) is 49.4 Å². The highest BCUT2D eigenvalue weighted by Crippen LogP contribution is 2.22. The van der Waals surface area contributed by atoms with E-state index in [4.69, 9.17) is 34.5 Å². The largest absolute Gasteiger partial charge is 0.391 e. The van der Waals surface area contributed by atoms with Crippen LogP contribution >= 0.6 is 11.6 Å². The Balaban J connectivity index is 1.58. The number of rotatable bonds is 20. The van der Waals surface area contributed by atoms with Gasteiger partial charge in [0.15, 0.2) is 6.17 Å². The molecule has 0 aliphatic heterocycles. The highest BCUT2D eigenvalue weighted by molar-refractivity contribution is 6.38. The predicted molar refractivity (Wildman–Crippen MR) is 194 cm³/mol. The first-order valence-corrected chi connectivity index (χ1v) is 17.3. The second-order valence-corrected chi connectivity index (χ2v) is 12.9. The lowest BCUT2D eigenvalue weighted by Crippen LogP contribution is -2.63. The number of benzene rings is 2. The van der Waals surface area contributed by atoms with Crippen LogP contribution < -0.4 is 54.8 Å². The molecule has 53 heavy (non-hydrogen) atoms. The molecule has 0 heterocycles. The Bertz CT molecular complexity index is 1620. The molecule has 2 aromatic rings. The van der Waals surface area contributed by atoms with Crippen LogP contribution in [0.4, 0.5) is 0 Å². The number of ketones is 1. The van der Waals surface area contributed by atoms with Crippen LogP contribution in [-0.4, -0.2) is 102 Å². The summed E-state index contributed by atoms with van der Waals surface area (Å²) < 4.78 is 0. The lowest BCUT2D eigenvalue weighted by molar-refractivity contribution is -0.140. The lowest BCUT2D eigenvalue weighted by atomic mass is 10.0. The molecule has 0 radical (unpaired) electrons. The van der Waals surface area contributed by atoms with E-state index in [0.717, 1.165) is 24.0 Å². The molecule has 6 amide bonds. The molecule has 0 bridgehead atoms. The summed E-state index contributed by atoms with van der Waals surface area (Å²) in [6.45, 7) is 1.11. The molecule has 3 rings (SSSR count). The van der Waals surface area contributed by atoms with Gasteiger partial charge in [-0.25, -0.2) is 0 Å². The Kier molecular flexibility index (Phi) is 16.3. The van der Waals surface area contributed by atoms with E-state index in [1.54, 1.807) is 36.4 Å². The summed E-state index contributed by atoms with van der Waals surface area (Å²) in [6, 6.07) is 9.26. The monoisotopic (exact) mass is 758 g/mol. The fraction of sp³-hybridized carbons (Fsp3) is 0.441. The van der Waals surface area contributed by atoms with Gasteiger partial charge in [-0.15, -0.1) is 0 Å². The third-order valence-corrected chi connectivity index (χ3v) is 8.37. The van der Waals surface area contributed by atoms with Crippen molar-refractivity contribution in [1.29, 1.82) is 0 Å². The third-order valence-electron chi connectivity index (χ3n) is 8.12. The van der Waals surface area contributed by atoms with Crippen LogP contribution in [0.5, 0.6) is 0 Å². The smallest absolute Gasteiger partial charge is 0.291 e. The minimum absolute atomic E-state index is 0.0374. The molecular formula is C34H47ClN10O8. The summed E-state index contributed by atoms with van der Waals surface area (Å²) in [7, 11) is 0. The van der Waals surface area contributed by atoms with E-state index < -0.39 is 77.8 Å². The van der Waals surface area contributed by atoms with E-state index in [2.05, 4.69) is 31.9 Å². The number of unbranched alkanes of at least 4 members (excludes halogenated alkanes) is 1. The van der Waals surface area contributed by atoms with Gasteiger partial charge in [0, 0.05) is 23.2 Å². The van der Waals surface area contributed by atoms with Crippen molar-refractivity contribution in [3.05, 3.63) is 59.1 Å². The van der Waals surface area contributed by atoms with Crippen LogP contribution in [-0.2, 0) is 28.8 Å². The van der Waals surface area contributed by atoms with Crippen molar-refractivity contribution in [2.75, 3.05) is 13.1 Å². The minimum Gasteiger partial charge on any atom is -0.391 e. The first-order valence-electron chi connectivity index (χ1n) is 17.0. The summed E-state index contributed by atoms with van der Waals surface area (Å²) in [5, 5.41) is 24.9. The fourth-order valence-corrected chi connectivity index (χ4v) is 4.99. The van der Waals surface area contributed by atoms with Gasteiger partial charge in [0.25, 0.3) is 23.5 Å². The summed E-state index contributed by atoms with van der Waals surface area (Å²) in [5.74, 6) is -6.58. The van der Waals surface area contributed by atoms with Crippen molar-refractivity contribution in [1.82, 2.24) is 31.9 Å². The second kappa shape index (κ2) is 20.3. The first-order chi connectivity index (χ1) is 25.1. The number of aliphatic hydroxyl groups is 1. The van der Waals surface area contributed by atoms with Crippen molar-refractivity contribution in [2.24, 2.45) is 22.9 Å². The number of carbonyl (C=O) groups excluding carboxylic acids is 7. The molecular weight excluding hydrogens is 712 g/mol. The van der Waals surface area contributed by atoms with Crippen molar-refractivity contribution in [3.8, 4) is 11.1 Å². The lowest BCUT2D eigenvalue weighted by Gasteiger charge is -2.26. The van der Waals surface area contributed by atoms with Crippen LogP contribution in [0.15, 0.2) is 48.5 Å². The van der Waals surface area contributed by atoms with Gasteiger partial charge in [-0.1, -0.05) is 35.9 Å². The van der Waals surface area contributed by atoms with Crippen LogP contribution in [0.2, 0.25) is 5.02 Å². The molecule has 18 nitrogen and oxygen atoms in total. The molecule has 0 aromatic heterocycles. The van der Waals surface area contributed by atoms with Crippen LogP contribution in [0.3, 0.4) is 0 Å². The van der Waals surface area contributed by atoms with Crippen molar-refractivity contribution < 1.29 is 38.7 Å². The van der Waals surface area contributed by atoms with Crippen LogP contribution in [0, 0.1) is 0 Å². The van der Waals surface area contributed by atoms with Gasteiger partial charge in [-0.2, -0.15) is 0 Å². The average molecular weight is 759 g/mol. The Morgan fingerprint density at radius 3 is 1.85 bits per heavy atom. The summed E-state index contributed by atoms with van der Waals surface area (Å²) in [6.07, 6.45) is -2.64. The molecule has 1 fully saturated rings. The number of hydrogen-bond acceptors (Lipinski definition) is 12. The number of hydrogen-bond donors (Lipinski definition) is 11. The van der Waals surface area contributed by atoms with Gasteiger partial charge in [0.2, 0.25) is 17.7 Å². The molecule has 288 valence electrons. The van der Waals surface area contributed by atoms with Gasteiger partial charge < -0.3 is 59.9 Å². The Hall–Kier alpha value is -4.98. The molecule has 19 heteroatoms. The van der Waals surface area contributed by atoms with Gasteiger partial charge in [-0.05, 0) is 81.0 Å². The molecule has 0 spiro atoms. The SMILES string of the molecule is C[C@@H](O)[C@H](NC(=O)[C@H](CN)NC(=O)c1ccc(-c2ccc(Cl)cc2)cc1)C(=O)N[C@@H](N)C(=O)N[C@@H](CCCCN)C(=O)N[C@@H](N)C(=O)C(=O)NC1CC1. The maximum absolute atomic E-state index is 13.1. The van der Waals surface area contributed by atoms with Gasteiger partial charge in [0.05, 0.1) is 6.10 Å². The van der Waals surface area contributed by atoms with Crippen molar-refractivity contribution >= 4 is 52.8 Å². The Morgan fingerprint density at radius 1 is 0.736 bits per heavy atom. The van der Waals surface area contributed by atoms with E-state index in [1.807, 2.05) is 12.1 Å². The van der Waals surface area contributed by atoms with Gasteiger partial charge in [-0.3, -0.25) is 33.6 Å². The number of Topliss-reactive ketones (excluding diaryl/α,β-unsaturated/α-hetero) is 1. The molecule has 2 aromatic carbocycles. The average Bonchev–Trinajstić information content (AvgIpc) is 3.95. The number of nitrogens with one attached hydrogen (secondary N) is 6. The Morgan fingerprint density at radius 2 is 1.30 bits per heavy atom. The van der Waals surface area contributed by atoms with Crippen LogP contribution in [0.25, 0.3) is 11.1 Å². The van der Waals surface area contributed by atoms with Crippen molar-refractivity contribution in [2.45, 2.75) is 81.6 Å². The van der Waals surface area contributed by atoms with Crippen molar-refractivity contribution in [3.63, 3.8) is 0 Å². The quantitative estimate of drug-likeness (QED) is 0.0371. The summed E-state index contributed by atoms with van der Waals surface area (Å²) >= 11 is 5.95. The summed E-state index contributed by atoms with van der Waals surface area (Å²) in [4.78, 5) is 89.5. The van der Waals surface area contributed by atoms with E-state index in [1.165, 1.54) is 6.92 Å². The van der Waals surface area contributed by atoms with E-state index in [-0.39, 0.29) is 31.1 Å². The van der Waals surface area contributed by atoms with E-state index in [0.29, 0.717) is 17.9 Å². The molecule has 6 atom stereocenters. The maximum Gasteiger partial charge on any atom is 0.291 e. The zero-order valence-corrected chi connectivity index (χ0v) is 29.9. The standard InChI is InChI=1S/C34H47ClN10O8/c1-17(46)25(43-31(50)24(16-37)42-29(48)20-7-5-18(6-8-20)19-9-11-21(35)12-10-19)32(51)45-28(39)34(53)41-23(4-2-3-15-36)30(49)44-27(38)26(47)33(52)40-22-13-14-22/h5-12,17,22-25,27-28,46H,2-4,13-16,36-39H2,1H3,(H,40,52)(H,41,53)(H,42,48)(H,43,50)(H,44,49)(H,45,51)/t17-,23+,24+,25+,27-,28-/m1/s1. The predicted octanol–water partition coefficient (Wildman–Crippen LogP) is -2.81. The molecule has 1 aliphatic rings. The normalized spacial score (nSPS) is 15.7. The molecule has 15 N–H and O–H groups in total. The fourth-order valence-electron chi connectivity index (χ4n) is 4.87.